The summed E-state index contributed by atoms with van der Waals surface area (Å²) in [4.78, 5) is 10.5. The molecule has 0 bridgehead atoms. The van der Waals surface area contributed by atoms with Gasteiger partial charge in [-0.05, 0) is 35.6 Å². The summed E-state index contributed by atoms with van der Waals surface area (Å²) in [5.74, 6) is 0.899. The second kappa shape index (κ2) is 5.90. The van der Waals surface area contributed by atoms with Crippen LogP contribution in [0.15, 0.2) is 12.1 Å². The molecule has 1 unspecified atom stereocenters. The molecule has 0 aliphatic carbocycles. The van der Waals surface area contributed by atoms with Crippen molar-refractivity contribution in [3.8, 4) is 5.75 Å². The fourth-order valence-corrected chi connectivity index (χ4v) is 2.05. The Morgan fingerprint density at radius 2 is 2.19 bits per heavy atom. The Labute approximate surface area is 102 Å². The summed E-state index contributed by atoms with van der Waals surface area (Å²) in [6.07, 6.45) is 2.38. The van der Waals surface area contributed by atoms with Crippen LogP contribution in [0.5, 0.6) is 5.75 Å². The normalized spacial score (nSPS) is 12.2. The van der Waals surface area contributed by atoms with Crippen molar-refractivity contribution in [3.05, 3.63) is 28.3 Å². The van der Waals surface area contributed by atoms with Crippen molar-refractivity contribution >= 4 is 17.9 Å². The van der Waals surface area contributed by atoms with Gasteiger partial charge >= 0.3 is 0 Å². The van der Waals surface area contributed by atoms with E-state index in [-0.39, 0.29) is 5.92 Å². The van der Waals surface area contributed by atoms with Gasteiger partial charge in [-0.1, -0.05) is 25.4 Å². The van der Waals surface area contributed by atoms with Crippen LogP contribution in [0.2, 0.25) is 5.02 Å². The largest absolute Gasteiger partial charge is 0.495 e. The van der Waals surface area contributed by atoms with E-state index in [4.69, 9.17) is 16.3 Å². The first-order valence-electron chi connectivity index (χ1n) is 5.43. The maximum atomic E-state index is 10.5. The molecule has 0 saturated heterocycles. The minimum Gasteiger partial charge on any atom is -0.495 e. The maximum absolute atomic E-state index is 10.5. The van der Waals surface area contributed by atoms with E-state index in [1.807, 2.05) is 19.1 Å². The van der Waals surface area contributed by atoms with Gasteiger partial charge in [-0.15, -0.1) is 0 Å². The zero-order valence-electron chi connectivity index (χ0n) is 9.92. The molecule has 3 heteroatoms. The number of hydrogen-bond donors (Lipinski definition) is 0. The molecule has 0 aliphatic rings. The molecule has 2 nitrogen and oxygen atoms in total. The molecular formula is C13H17ClO2. The molecular weight excluding hydrogens is 224 g/mol. The Hall–Kier alpha value is -1.02. The summed E-state index contributed by atoms with van der Waals surface area (Å²) in [5.41, 5.74) is 2.33. The van der Waals surface area contributed by atoms with Crippen LogP contribution in [0.1, 0.15) is 37.3 Å². The van der Waals surface area contributed by atoms with Crippen LogP contribution < -0.4 is 4.74 Å². The Bertz CT molecular complexity index is 374. The summed E-state index contributed by atoms with van der Waals surface area (Å²) in [6, 6.07) is 3.87. The highest BCUT2D eigenvalue weighted by Gasteiger charge is 2.13. The summed E-state index contributed by atoms with van der Waals surface area (Å²) in [5, 5.41) is 0.604. The van der Waals surface area contributed by atoms with Crippen LogP contribution in [0.25, 0.3) is 0 Å². The smallest absolute Gasteiger partial charge is 0.137 e. The highest BCUT2D eigenvalue weighted by Crippen LogP contribution is 2.32. The molecule has 0 aromatic heterocycles. The van der Waals surface area contributed by atoms with Gasteiger partial charge in [-0.3, -0.25) is 0 Å². The number of methoxy groups -OCH3 is 1. The zero-order chi connectivity index (χ0) is 12.1. The number of hydrogen-bond acceptors (Lipinski definition) is 2. The zero-order valence-corrected chi connectivity index (χ0v) is 10.7. The average molecular weight is 241 g/mol. The molecule has 0 saturated carbocycles. The molecule has 1 aromatic carbocycles. The van der Waals surface area contributed by atoms with Gasteiger partial charge in [-0.2, -0.15) is 0 Å². The lowest BCUT2D eigenvalue weighted by molar-refractivity contribution is -0.108. The van der Waals surface area contributed by atoms with E-state index in [0.717, 1.165) is 18.3 Å². The first-order chi connectivity index (χ1) is 7.63. The van der Waals surface area contributed by atoms with E-state index < -0.39 is 0 Å². The molecule has 1 rings (SSSR count). The molecule has 0 fully saturated rings. The summed E-state index contributed by atoms with van der Waals surface area (Å²) >= 11 is 6.09. The first kappa shape index (κ1) is 13.0. The highest BCUT2D eigenvalue weighted by atomic mass is 35.5. The molecule has 0 heterocycles. The third kappa shape index (κ3) is 2.76. The number of carbonyl (C=O) groups is 1. The molecule has 16 heavy (non-hydrogen) atoms. The lowest BCUT2D eigenvalue weighted by Crippen LogP contribution is -2.01. The van der Waals surface area contributed by atoms with Crippen molar-refractivity contribution in [2.45, 2.75) is 32.6 Å². The average Bonchev–Trinajstić information content (AvgIpc) is 2.29. The third-order valence-electron chi connectivity index (χ3n) is 2.78. The Morgan fingerprint density at radius 1 is 1.50 bits per heavy atom. The predicted octanol–water partition coefficient (Wildman–Crippen LogP) is 3.60. The van der Waals surface area contributed by atoms with Crippen LogP contribution in [0.3, 0.4) is 0 Å². The number of ether oxygens (including phenoxy) is 1. The van der Waals surface area contributed by atoms with Crippen molar-refractivity contribution < 1.29 is 9.53 Å². The van der Waals surface area contributed by atoms with Crippen molar-refractivity contribution in [1.29, 1.82) is 0 Å². The van der Waals surface area contributed by atoms with E-state index in [2.05, 4.69) is 6.92 Å². The molecule has 1 atom stereocenters. The topological polar surface area (TPSA) is 26.3 Å². The lowest BCUT2D eigenvalue weighted by Gasteiger charge is -2.16. The maximum Gasteiger partial charge on any atom is 0.137 e. The van der Waals surface area contributed by atoms with E-state index in [0.29, 0.717) is 17.2 Å². The van der Waals surface area contributed by atoms with Gasteiger partial charge in [0, 0.05) is 6.42 Å². The molecule has 0 radical (unpaired) electrons. The summed E-state index contributed by atoms with van der Waals surface area (Å²) in [6.45, 7) is 4.12. The van der Waals surface area contributed by atoms with Gasteiger partial charge in [0.05, 0.1) is 12.1 Å². The Balaban J connectivity index is 3.17. The number of aryl methyl sites for hydroxylation is 1. The van der Waals surface area contributed by atoms with Crippen molar-refractivity contribution in [2.24, 2.45) is 0 Å². The van der Waals surface area contributed by atoms with Gasteiger partial charge in [0.2, 0.25) is 0 Å². The summed E-state index contributed by atoms with van der Waals surface area (Å²) < 4.78 is 5.18. The second-order valence-corrected chi connectivity index (χ2v) is 4.25. The number of benzene rings is 1. The first-order valence-corrected chi connectivity index (χ1v) is 5.81. The van der Waals surface area contributed by atoms with Gasteiger partial charge in [0.1, 0.15) is 12.0 Å². The molecule has 0 N–H and O–H groups in total. The van der Waals surface area contributed by atoms with E-state index in [1.165, 1.54) is 5.56 Å². The number of halogens is 1. The molecule has 88 valence electrons. The van der Waals surface area contributed by atoms with Gasteiger partial charge < -0.3 is 9.53 Å². The van der Waals surface area contributed by atoms with Gasteiger partial charge in [-0.25, -0.2) is 0 Å². The van der Waals surface area contributed by atoms with Crippen molar-refractivity contribution in [3.63, 3.8) is 0 Å². The van der Waals surface area contributed by atoms with E-state index >= 15 is 0 Å². The van der Waals surface area contributed by atoms with Crippen LogP contribution in [0, 0.1) is 0 Å². The quantitative estimate of drug-likeness (QED) is 0.735. The molecule has 0 amide bonds. The minimum absolute atomic E-state index is 0.204. The number of carbonyl (C=O) groups excluding carboxylic acids is 1. The fourth-order valence-electron chi connectivity index (χ4n) is 1.80. The van der Waals surface area contributed by atoms with Crippen LogP contribution in [0.4, 0.5) is 0 Å². The Kier molecular flexibility index (Phi) is 4.81. The van der Waals surface area contributed by atoms with E-state index in [1.54, 1.807) is 7.11 Å². The monoisotopic (exact) mass is 240 g/mol. The van der Waals surface area contributed by atoms with Crippen LogP contribution >= 0.6 is 11.6 Å². The van der Waals surface area contributed by atoms with E-state index in [9.17, 15) is 4.79 Å². The van der Waals surface area contributed by atoms with Crippen molar-refractivity contribution in [1.82, 2.24) is 0 Å². The molecule has 1 aromatic rings. The summed E-state index contributed by atoms with van der Waals surface area (Å²) in [7, 11) is 1.61. The van der Waals surface area contributed by atoms with Crippen molar-refractivity contribution in [2.75, 3.05) is 7.11 Å². The molecule has 0 spiro atoms. The minimum atomic E-state index is 0.204. The van der Waals surface area contributed by atoms with Crippen LogP contribution in [-0.4, -0.2) is 13.4 Å². The predicted molar refractivity (Wildman–Crippen MR) is 66.5 cm³/mol. The molecule has 0 aliphatic heterocycles. The van der Waals surface area contributed by atoms with Gasteiger partial charge in [0.25, 0.3) is 0 Å². The standard InChI is InChI=1S/C13H17ClO2/c1-4-10-7-13(16-3)12(14)8-11(10)9(2)5-6-15/h6-9H,4-5H2,1-3H3. The number of aldehydes is 1. The van der Waals surface area contributed by atoms with Gasteiger partial charge in [0.15, 0.2) is 0 Å². The van der Waals surface area contributed by atoms with Crippen LogP contribution in [-0.2, 0) is 11.2 Å². The fraction of sp³-hybridized carbons (Fsp3) is 0.462. The Morgan fingerprint density at radius 3 is 2.69 bits per heavy atom. The lowest BCUT2D eigenvalue weighted by atomic mass is 9.92. The third-order valence-corrected chi connectivity index (χ3v) is 3.07. The number of rotatable bonds is 5. The highest BCUT2D eigenvalue weighted by molar-refractivity contribution is 6.32. The second-order valence-electron chi connectivity index (χ2n) is 3.84. The SMILES string of the molecule is CCc1cc(OC)c(Cl)cc1C(C)CC=O.